The van der Waals surface area contributed by atoms with Crippen LogP contribution in [0.3, 0.4) is 0 Å². The van der Waals surface area contributed by atoms with Gasteiger partial charge >= 0.3 is 0 Å². The molecule has 110 valence electrons. The molecule has 20 heavy (non-hydrogen) atoms. The summed E-state index contributed by atoms with van der Waals surface area (Å²) in [4.78, 5) is 10.6. The third kappa shape index (κ3) is 3.38. The van der Waals surface area contributed by atoms with E-state index in [1.165, 1.54) is 12.1 Å². The summed E-state index contributed by atoms with van der Waals surface area (Å²) in [5.74, 6) is -0.162. The standard InChI is InChI=1S/C13H17FIN3O2/c14-9-5-12(13(18(19)20)6-10(9)15)17-11-4-2-1-3-8(11)7-16/h5-6,8,11,17H,1-4,7,16H2. The third-order valence-electron chi connectivity index (χ3n) is 3.79. The molecule has 2 rings (SSSR count). The number of hydrogen-bond acceptors (Lipinski definition) is 4. The quantitative estimate of drug-likeness (QED) is 0.468. The molecule has 1 saturated carbocycles. The topological polar surface area (TPSA) is 81.2 Å². The molecule has 5 nitrogen and oxygen atoms in total. The van der Waals surface area contributed by atoms with Crippen molar-refractivity contribution in [1.82, 2.24) is 0 Å². The van der Waals surface area contributed by atoms with Crippen LogP contribution in [0.25, 0.3) is 0 Å². The molecule has 1 fully saturated rings. The molecule has 2 unspecified atom stereocenters. The van der Waals surface area contributed by atoms with Gasteiger partial charge in [-0.3, -0.25) is 10.1 Å². The molecule has 2 atom stereocenters. The van der Waals surface area contributed by atoms with Gasteiger partial charge in [-0.1, -0.05) is 12.8 Å². The number of nitrogens with zero attached hydrogens (tertiary/aromatic N) is 1. The van der Waals surface area contributed by atoms with Crippen LogP contribution in [0.2, 0.25) is 0 Å². The molecular weight excluding hydrogens is 376 g/mol. The Hall–Kier alpha value is -0.960. The maximum atomic E-state index is 13.7. The molecule has 0 bridgehead atoms. The minimum Gasteiger partial charge on any atom is -0.376 e. The number of rotatable bonds is 4. The second-order valence-corrected chi connectivity index (χ2v) is 6.23. The lowest BCUT2D eigenvalue weighted by Crippen LogP contribution is -2.36. The van der Waals surface area contributed by atoms with Crippen molar-refractivity contribution in [3.05, 3.63) is 31.6 Å². The molecule has 0 amide bonds. The van der Waals surface area contributed by atoms with Gasteiger partial charge in [0.15, 0.2) is 0 Å². The molecule has 0 aromatic heterocycles. The van der Waals surface area contributed by atoms with Crippen molar-refractivity contribution in [3.8, 4) is 0 Å². The summed E-state index contributed by atoms with van der Waals surface area (Å²) in [6.07, 6.45) is 4.11. The van der Waals surface area contributed by atoms with Crippen LogP contribution in [0.5, 0.6) is 0 Å². The van der Waals surface area contributed by atoms with Crippen LogP contribution < -0.4 is 11.1 Å². The predicted molar refractivity (Wildman–Crippen MR) is 84.2 cm³/mol. The van der Waals surface area contributed by atoms with Crippen LogP contribution in [-0.2, 0) is 0 Å². The molecular formula is C13H17FIN3O2. The lowest BCUT2D eigenvalue weighted by atomic mass is 9.84. The fourth-order valence-electron chi connectivity index (χ4n) is 2.68. The van der Waals surface area contributed by atoms with Crippen LogP contribution in [-0.4, -0.2) is 17.5 Å². The van der Waals surface area contributed by atoms with E-state index in [-0.39, 0.29) is 26.9 Å². The monoisotopic (exact) mass is 393 g/mol. The Kier molecular flexibility index (Phi) is 5.14. The number of nitrogens with one attached hydrogen (secondary N) is 1. The predicted octanol–water partition coefficient (Wildman–Crippen LogP) is 3.27. The molecule has 0 spiro atoms. The van der Waals surface area contributed by atoms with E-state index in [4.69, 9.17) is 5.73 Å². The van der Waals surface area contributed by atoms with Gasteiger partial charge in [0.05, 0.1) is 8.49 Å². The average molecular weight is 393 g/mol. The van der Waals surface area contributed by atoms with E-state index in [1.807, 2.05) is 0 Å². The Morgan fingerprint density at radius 3 is 2.80 bits per heavy atom. The molecule has 1 aromatic rings. The van der Waals surface area contributed by atoms with Gasteiger partial charge in [0.1, 0.15) is 11.5 Å². The Bertz CT molecular complexity index is 513. The third-order valence-corrected chi connectivity index (χ3v) is 4.61. The molecule has 0 radical (unpaired) electrons. The summed E-state index contributed by atoms with van der Waals surface area (Å²) in [5, 5.41) is 14.2. The summed E-state index contributed by atoms with van der Waals surface area (Å²) in [6, 6.07) is 2.55. The zero-order valence-electron chi connectivity index (χ0n) is 10.9. The van der Waals surface area contributed by atoms with Crippen molar-refractivity contribution in [3.63, 3.8) is 0 Å². The molecule has 7 heteroatoms. The van der Waals surface area contributed by atoms with Gasteiger partial charge < -0.3 is 11.1 Å². The lowest BCUT2D eigenvalue weighted by Gasteiger charge is -2.32. The van der Waals surface area contributed by atoms with Crippen LogP contribution >= 0.6 is 22.6 Å². The van der Waals surface area contributed by atoms with Crippen LogP contribution in [0.1, 0.15) is 25.7 Å². The smallest absolute Gasteiger partial charge is 0.293 e. The SMILES string of the molecule is NCC1CCCCC1Nc1cc(F)c(I)cc1[N+](=O)[O-]. The van der Waals surface area contributed by atoms with Crippen molar-refractivity contribution < 1.29 is 9.31 Å². The minimum atomic E-state index is -0.482. The summed E-state index contributed by atoms with van der Waals surface area (Å²) in [6.45, 7) is 0.540. The molecule has 0 aliphatic heterocycles. The summed E-state index contributed by atoms with van der Waals surface area (Å²) in [7, 11) is 0. The summed E-state index contributed by atoms with van der Waals surface area (Å²) in [5.41, 5.74) is 5.91. The maximum Gasteiger partial charge on any atom is 0.293 e. The second-order valence-electron chi connectivity index (χ2n) is 5.07. The number of nitro groups is 1. The van der Waals surface area contributed by atoms with E-state index >= 15 is 0 Å². The van der Waals surface area contributed by atoms with E-state index in [0.29, 0.717) is 6.54 Å². The van der Waals surface area contributed by atoms with Crippen LogP contribution in [0.15, 0.2) is 12.1 Å². The highest BCUT2D eigenvalue weighted by molar-refractivity contribution is 14.1. The normalized spacial score (nSPS) is 22.6. The van der Waals surface area contributed by atoms with Crippen molar-refractivity contribution in [1.29, 1.82) is 0 Å². The number of halogens is 2. The van der Waals surface area contributed by atoms with Crippen LogP contribution in [0.4, 0.5) is 15.8 Å². The van der Waals surface area contributed by atoms with Crippen molar-refractivity contribution in [2.24, 2.45) is 11.7 Å². The number of hydrogen-bond donors (Lipinski definition) is 2. The van der Waals surface area contributed by atoms with Crippen molar-refractivity contribution in [2.45, 2.75) is 31.7 Å². The fraction of sp³-hybridized carbons (Fsp3) is 0.538. The highest BCUT2D eigenvalue weighted by Gasteiger charge is 2.27. The zero-order valence-corrected chi connectivity index (χ0v) is 13.1. The van der Waals surface area contributed by atoms with Gasteiger partial charge in [0, 0.05) is 18.2 Å². The molecule has 1 aliphatic carbocycles. The van der Waals surface area contributed by atoms with Gasteiger partial charge in [0.2, 0.25) is 0 Å². The molecule has 0 saturated heterocycles. The Labute approximate surface area is 130 Å². The number of nitro benzene ring substituents is 1. The number of anilines is 1. The molecule has 3 N–H and O–H groups in total. The van der Waals surface area contributed by atoms with Gasteiger partial charge in [-0.25, -0.2) is 4.39 Å². The largest absolute Gasteiger partial charge is 0.376 e. The Morgan fingerprint density at radius 2 is 2.15 bits per heavy atom. The van der Waals surface area contributed by atoms with Gasteiger partial charge in [-0.15, -0.1) is 0 Å². The van der Waals surface area contributed by atoms with Crippen molar-refractivity contribution >= 4 is 34.0 Å². The Morgan fingerprint density at radius 1 is 1.45 bits per heavy atom. The first-order chi connectivity index (χ1) is 9.52. The lowest BCUT2D eigenvalue weighted by molar-refractivity contribution is -0.384. The molecule has 1 aliphatic rings. The molecule has 0 heterocycles. The number of nitrogens with two attached hydrogens (primary N) is 1. The van der Waals surface area contributed by atoms with E-state index in [1.54, 1.807) is 22.6 Å². The summed E-state index contributed by atoms with van der Waals surface area (Å²) >= 11 is 1.76. The van der Waals surface area contributed by atoms with Crippen molar-refractivity contribution in [2.75, 3.05) is 11.9 Å². The number of benzene rings is 1. The first-order valence-electron chi connectivity index (χ1n) is 6.63. The highest BCUT2D eigenvalue weighted by Crippen LogP contribution is 2.33. The second kappa shape index (κ2) is 6.66. The minimum absolute atomic E-state index is 0.0758. The summed E-state index contributed by atoms with van der Waals surface area (Å²) < 4.78 is 13.9. The highest BCUT2D eigenvalue weighted by atomic mass is 127. The van der Waals surface area contributed by atoms with E-state index < -0.39 is 10.7 Å². The van der Waals surface area contributed by atoms with E-state index in [0.717, 1.165) is 25.7 Å². The van der Waals surface area contributed by atoms with Gasteiger partial charge in [-0.2, -0.15) is 0 Å². The average Bonchev–Trinajstić information content (AvgIpc) is 2.43. The van der Waals surface area contributed by atoms with Crippen LogP contribution in [0, 0.1) is 25.4 Å². The van der Waals surface area contributed by atoms with E-state index in [2.05, 4.69) is 5.32 Å². The molecule has 1 aromatic carbocycles. The first kappa shape index (κ1) is 15.4. The first-order valence-corrected chi connectivity index (χ1v) is 7.71. The van der Waals surface area contributed by atoms with E-state index in [9.17, 15) is 14.5 Å². The maximum absolute atomic E-state index is 13.7. The van der Waals surface area contributed by atoms with Gasteiger partial charge in [0.25, 0.3) is 5.69 Å². The van der Waals surface area contributed by atoms with Gasteiger partial charge in [-0.05, 0) is 47.9 Å². The fourth-order valence-corrected chi connectivity index (χ4v) is 3.13. The Balaban J connectivity index is 2.27. The zero-order chi connectivity index (χ0) is 14.7.